The van der Waals surface area contributed by atoms with Crippen LogP contribution < -0.4 is 25.0 Å². The Morgan fingerprint density at radius 1 is 1.19 bits per heavy atom. The van der Waals surface area contributed by atoms with Crippen molar-refractivity contribution in [1.82, 2.24) is 10.6 Å². The van der Waals surface area contributed by atoms with Gasteiger partial charge in [0, 0.05) is 69.8 Å². The quantitative estimate of drug-likeness (QED) is 0.370. The number of rotatable bonds is 10. The summed E-state index contributed by atoms with van der Waals surface area (Å²) in [4.78, 5) is 6.69. The number of unbranched alkanes of at least 4 members (excludes halogenated alkanes) is 1. The first kappa shape index (κ1) is 21.2. The van der Waals surface area contributed by atoms with Crippen LogP contribution in [0.1, 0.15) is 26.2 Å². The molecule has 0 amide bonds. The smallest absolute Gasteiger partial charge is 0.191 e. The van der Waals surface area contributed by atoms with Gasteiger partial charge in [-0.25, -0.2) is 0 Å². The molecule has 1 aliphatic rings. The summed E-state index contributed by atoms with van der Waals surface area (Å²) in [6, 6.07) is 6.36. The largest absolute Gasteiger partial charge is 0.497 e. The zero-order valence-electron chi connectivity index (χ0n) is 17.1. The molecule has 1 saturated heterocycles. The first-order chi connectivity index (χ1) is 13.2. The van der Waals surface area contributed by atoms with Crippen LogP contribution in [0.15, 0.2) is 23.2 Å². The van der Waals surface area contributed by atoms with Gasteiger partial charge >= 0.3 is 0 Å². The van der Waals surface area contributed by atoms with Gasteiger partial charge in [-0.2, -0.15) is 0 Å². The van der Waals surface area contributed by atoms with Crippen molar-refractivity contribution in [2.45, 2.75) is 32.2 Å². The van der Waals surface area contributed by atoms with Crippen molar-refractivity contribution >= 4 is 11.6 Å². The second-order valence-electron chi connectivity index (χ2n) is 6.55. The maximum Gasteiger partial charge on any atom is 0.191 e. The van der Waals surface area contributed by atoms with Gasteiger partial charge in [0.1, 0.15) is 11.5 Å². The molecule has 7 heteroatoms. The molecule has 7 nitrogen and oxygen atoms in total. The van der Waals surface area contributed by atoms with E-state index in [1.165, 1.54) is 0 Å². The Hall–Kier alpha value is -2.15. The Bertz CT molecular complexity index is 572. The number of ether oxygens (including phenoxy) is 3. The van der Waals surface area contributed by atoms with Crippen molar-refractivity contribution in [2.24, 2.45) is 4.99 Å². The topological polar surface area (TPSA) is 67.4 Å². The van der Waals surface area contributed by atoms with Gasteiger partial charge in [0.2, 0.25) is 0 Å². The fourth-order valence-corrected chi connectivity index (χ4v) is 3.16. The van der Waals surface area contributed by atoms with Crippen molar-refractivity contribution in [3.63, 3.8) is 0 Å². The molecule has 1 aromatic rings. The Balaban J connectivity index is 1.81. The van der Waals surface area contributed by atoms with E-state index < -0.39 is 0 Å². The van der Waals surface area contributed by atoms with E-state index in [4.69, 9.17) is 14.2 Å². The highest BCUT2D eigenvalue weighted by atomic mass is 16.5. The van der Waals surface area contributed by atoms with Crippen LogP contribution in [-0.2, 0) is 4.74 Å². The maximum absolute atomic E-state index is 5.38. The van der Waals surface area contributed by atoms with Gasteiger partial charge in [-0.05, 0) is 26.2 Å². The molecule has 27 heavy (non-hydrogen) atoms. The zero-order valence-corrected chi connectivity index (χ0v) is 17.1. The number of anilines is 1. The van der Waals surface area contributed by atoms with Crippen LogP contribution in [0.25, 0.3) is 0 Å². The molecular weight excluding hydrogens is 344 g/mol. The Labute approximate surface area is 163 Å². The van der Waals surface area contributed by atoms with Crippen molar-refractivity contribution in [3.05, 3.63) is 18.2 Å². The van der Waals surface area contributed by atoms with Gasteiger partial charge < -0.3 is 29.7 Å². The molecule has 0 aromatic heterocycles. The fourth-order valence-electron chi connectivity index (χ4n) is 3.16. The van der Waals surface area contributed by atoms with E-state index in [-0.39, 0.29) is 0 Å². The van der Waals surface area contributed by atoms with Crippen LogP contribution in [0.5, 0.6) is 11.5 Å². The Morgan fingerprint density at radius 2 is 1.93 bits per heavy atom. The molecular formula is C20H34N4O3. The number of methoxy groups -OCH3 is 2. The minimum Gasteiger partial charge on any atom is -0.497 e. The van der Waals surface area contributed by atoms with Crippen molar-refractivity contribution in [2.75, 3.05) is 59.0 Å². The molecule has 0 saturated carbocycles. The minimum atomic E-state index is 0.358. The highest BCUT2D eigenvalue weighted by molar-refractivity contribution is 5.80. The van der Waals surface area contributed by atoms with E-state index in [0.29, 0.717) is 6.04 Å². The van der Waals surface area contributed by atoms with Gasteiger partial charge in [0.05, 0.1) is 14.2 Å². The summed E-state index contributed by atoms with van der Waals surface area (Å²) in [6.07, 6.45) is 3.19. The molecule has 1 fully saturated rings. The van der Waals surface area contributed by atoms with Crippen LogP contribution >= 0.6 is 0 Å². The van der Waals surface area contributed by atoms with Crippen LogP contribution in [0, 0.1) is 0 Å². The average molecular weight is 379 g/mol. The summed E-state index contributed by atoms with van der Waals surface area (Å²) in [5.41, 5.74) is 1.12. The van der Waals surface area contributed by atoms with Crippen molar-refractivity contribution in [3.8, 4) is 11.5 Å². The first-order valence-electron chi connectivity index (χ1n) is 9.73. The lowest BCUT2D eigenvalue weighted by Gasteiger charge is -2.21. The molecule has 0 spiro atoms. The maximum atomic E-state index is 5.38. The molecule has 0 bridgehead atoms. The predicted molar refractivity (Wildman–Crippen MR) is 110 cm³/mol. The highest BCUT2D eigenvalue weighted by Gasteiger charge is 2.24. The van der Waals surface area contributed by atoms with Crippen LogP contribution in [0.3, 0.4) is 0 Å². The molecule has 1 aliphatic heterocycles. The molecule has 1 unspecified atom stereocenters. The zero-order chi connectivity index (χ0) is 19.5. The molecule has 2 N–H and O–H groups in total. The summed E-state index contributed by atoms with van der Waals surface area (Å²) in [7, 11) is 5.17. The van der Waals surface area contributed by atoms with Crippen LogP contribution in [-0.4, -0.2) is 66.1 Å². The number of guanidine groups is 1. The number of aliphatic imine (C=N–C) groups is 1. The SMILES string of the molecule is CCOCCCCNC(=NC)NC1CCN(c2cc(OC)cc(OC)c2)C1. The van der Waals surface area contributed by atoms with E-state index in [1.54, 1.807) is 14.2 Å². The van der Waals surface area contributed by atoms with Gasteiger partial charge in [-0.1, -0.05) is 0 Å². The second-order valence-corrected chi connectivity index (χ2v) is 6.55. The summed E-state index contributed by atoms with van der Waals surface area (Å²) in [5.74, 6) is 2.48. The van der Waals surface area contributed by atoms with E-state index in [2.05, 4.69) is 32.7 Å². The molecule has 1 aromatic carbocycles. The number of hydrogen-bond donors (Lipinski definition) is 2. The normalized spacial score (nSPS) is 17.1. The monoisotopic (exact) mass is 378 g/mol. The lowest BCUT2D eigenvalue weighted by Crippen LogP contribution is -2.44. The highest BCUT2D eigenvalue weighted by Crippen LogP contribution is 2.30. The average Bonchev–Trinajstić information content (AvgIpc) is 3.17. The number of hydrogen-bond acceptors (Lipinski definition) is 5. The van der Waals surface area contributed by atoms with Gasteiger partial charge in [0.25, 0.3) is 0 Å². The molecule has 152 valence electrons. The molecule has 0 radical (unpaired) electrons. The van der Waals surface area contributed by atoms with E-state index in [9.17, 15) is 0 Å². The fraction of sp³-hybridized carbons (Fsp3) is 0.650. The van der Waals surface area contributed by atoms with Crippen LogP contribution in [0.4, 0.5) is 5.69 Å². The second kappa shape index (κ2) is 11.5. The van der Waals surface area contributed by atoms with E-state index in [1.807, 2.05) is 20.0 Å². The van der Waals surface area contributed by atoms with Gasteiger partial charge in [-0.3, -0.25) is 4.99 Å². The third kappa shape index (κ3) is 6.82. The number of nitrogens with zero attached hydrogens (tertiary/aromatic N) is 2. The van der Waals surface area contributed by atoms with E-state index in [0.717, 1.165) is 75.3 Å². The van der Waals surface area contributed by atoms with E-state index >= 15 is 0 Å². The summed E-state index contributed by atoms with van der Waals surface area (Å²) in [6.45, 7) is 6.44. The Morgan fingerprint density at radius 3 is 2.56 bits per heavy atom. The third-order valence-corrected chi connectivity index (χ3v) is 4.67. The van der Waals surface area contributed by atoms with Crippen molar-refractivity contribution in [1.29, 1.82) is 0 Å². The van der Waals surface area contributed by atoms with Gasteiger partial charge in [-0.15, -0.1) is 0 Å². The summed E-state index contributed by atoms with van der Waals surface area (Å²) < 4.78 is 16.1. The van der Waals surface area contributed by atoms with Crippen LogP contribution in [0.2, 0.25) is 0 Å². The lowest BCUT2D eigenvalue weighted by molar-refractivity contribution is 0.143. The number of nitrogens with one attached hydrogen (secondary N) is 2. The molecule has 2 rings (SSSR count). The molecule has 1 heterocycles. The predicted octanol–water partition coefficient (Wildman–Crippen LogP) is 2.26. The third-order valence-electron chi connectivity index (χ3n) is 4.67. The molecule has 0 aliphatic carbocycles. The Kier molecular flexibility index (Phi) is 9.04. The minimum absolute atomic E-state index is 0.358. The first-order valence-corrected chi connectivity index (χ1v) is 9.73. The summed E-state index contributed by atoms with van der Waals surface area (Å²) in [5, 5.41) is 6.92. The lowest BCUT2D eigenvalue weighted by atomic mass is 10.2. The summed E-state index contributed by atoms with van der Waals surface area (Å²) >= 11 is 0. The standard InChI is InChI=1S/C20H34N4O3/c1-5-27-11-7-6-9-22-20(21-2)23-16-8-10-24(15-16)17-12-18(25-3)14-19(13-17)26-4/h12-14,16H,5-11,15H2,1-4H3,(H2,21,22,23). The van der Waals surface area contributed by atoms with Crippen molar-refractivity contribution < 1.29 is 14.2 Å². The molecule has 1 atom stereocenters. The number of benzene rings is 1. The van der Waals surface area contributed by atoms with Gasteiger partial charge in [0.15, 0.2) is 5.96 Å².